The van der Waals surface area contributed by atoms with Gasteiger partial charge in [-0.15, -0.1) is 0 Å². The normalized spacial score (nSPS) is 9.92. The second-order valence-corrected chi connectivity index (χ2v) is 3.65. The zero-order valence-corrected chi connectivity index (χ0v) is 8.69. The lowest BCUT2D eigenvalue weighted by atomic mass is 10.2. The van der Waals surface area contributed by atoms with E-state index in [0.717, 1.165) is 0 Å². The zero-order chi connectivity index (χ0) is 9.30. The van der Waals surface area contributed by atoms with Crippen LogP contribution in [-0.2, 0) is 0 Å². The molecule has 0 radical (unpaired) electrons. The summed E-state index contributed by atoms with van der Waals surface area (Å²) in [5.74, 6) is -1.51. The van der Waals surface area contributed by atoms with E-state index in [2.05, 4.69) is 0 Å². The number of carbonyl (C=O) groups is 1. The van der Waals surface area contributed by atoms with Gasteiger partial charge in [0.25, 0.3) is 5.91 Å². The molecule has 0 aromatic heterocycles. The van der Waals surface area contributed by atoms with Gasteiger partial charge in [0.1, 0.15) is 0 Å². The molecule has 0 unspecified atom stereocenters. The van der Waals surface area contributed by atoms with E-state index in [4.69, 9.17) is 17.3 Å². The molecule has 1 aromatic carbocycles. The number of rotatable bonds is 1. The molecule has 0 aliphatic rings. The maximum atomic E-state index is 13.1. The fraction of sp³-hybridized carbons (Fsp3) is 0. The van der Waals surface area contributed by atoms with E-state index in [1.165, 1.54) is 12.1 Å². The monoisotopic (exact) mass is 299 g/mol. The van der Waals surface area contributed by atoms with E-state index >= 15 is 0 Å². The highest BCUT2D eigenvalue weighted by Crippen LogP contribution is 2.22. The third-order valence-electron chi connectivity index (χ3n) is 1.29. The quantitative estimate of drug-likeness (QED) is 0.627. The molecule has 0 saturated carbocycles. The van der Waals surface area contributed by atoms with Crippen molar-refractivity contribution in [2.75, 3.05) is 0 Å². The van der Waals surface area contributed by atoms with Gasteiger partial charge in [-0.25, -0.2) is 4.39 Å². The average molecular weight is 299 g/mol. The molecule has 2 N–H and O–H groups in total. The van der Waals surface area contributed by atoms with Crippen LogP contribution in [0.25, 0.3) is 0 Å². The molecule has 1 amide bonds. The second-order valence-electron chi connectivity index (χ2n) is 2.08. The smallest absolute Gasteiger partial charge is 0.253 e. The Labute approximate surface area is 87.0 Å². The predicted molar refractivity (Wildman–Crippen MR) is 52.6 cm³/mol. The average Bonchev–Trinajstić information content (AvgIpc) is 1.97. The molecule has 0 bridgehead atoms. The Hall–Kier alpha value is -0.360. The molecule has 0 spiro atoms. The molecule has 0 atom stereocenters. The first kappa shape index (κ1) is 9.73. The van der Waals surface area contributed by atoms with Crippen LogP contribution in [0.5, 0.6) is 0 Å². The lowest BCUT2D eigenvalue weighted by Gasteiger charge is -2.02. The molecule has 1 rings (SSSR count). The Kier molecular flexibility index (Phi) is 2.89. The summed E-state index contributed by atoms with van der Waals surface area (Å²) in [5.41, 5.74) is 4.67. The van der Waals surface area contributed by atoms with Gasteiger partial charge in [-0.2, -0.15) is 0 Å². The van der Waals surface area contributed by atoms with Gasteiger partial charge in [0.2, 0.25) is 0 Å². The number of primary amides is 1. The van der Waals surface area contributed by atoms with Crippen LogP contribution in [0.4, 0.5) is 4.39 Å². The molecule has 5 heteroatoms. The number of carbonyl (C=O) groups excluding carboxylic acids is 1. The highest BCUT2D eigenvalue weighted by molar-refractivity contribution is 14.1. The van der Waals surface area contributed by atoms with Crippen molar-refractivity contribution in [3.05, 3.63) is 32.1 Å². The lowest BCUT2D eigenvalue weighted by molar-refractivity contribution is 0.0996. The van der Waals surface area contributed by atoms with Crippen molar-refractivity contribution in [1.82, 2.24) is 0 Å². The molecule has 2 nitrogen and oxygen atoms in total. The van der Waals surface area contributed by atoms with Crippen LogP contribution in [0.1, 0.15) is 10.4 Å². The first-order valence-corrected chi connectivity index (χ1v) is 4.43. The minimum absolute atomic E-state index is 0.0421. The van der Waals surface area contributed by atoms with Crippen molar-refractivity contribution in [2.24, 2.45) is 5.73 Å². The molecule has 0 fully saturated rings. The van der Waals surface area contributed by atoms with Gasteiger partial charge in [-0.05, 0) is 34.7 Å². The number of halogens is 3. The summed E-state index contributed by atoms with van der Waals surface area (Å²) in [6, 6.07) is 2.91. The minimum atomic E-state index is -0.851. The Balaban J connectivity index is 3.43. The van der Waals surface area contributed by atoms with Crippen LogP contribution >= 0.6 is 34.2 Å². The van der Waals surface area contributed by atoms with E-state index in [1.54, 1.807) is 22.6 Å². The van der Waals surface area contributed by atoms with Gasteiger partial charge in [0.05, 0.1) is 10.6 Å². The maximum Gasteiger partial charge on any atom is 0.253 e. The minimum Gasteiger partial charge on any atom is -0.365 e. The Morgan fingerprint density at radius 3 is 2.58 bits per heavy atom. The summed E-state index contributed by atoms with van der Waals surface area (Å²) in [6.45, 7) is 0. The van der Waals surface area contributed by atoms with E-state index < -0.39 is 11.7 Å². The molecule has 1 aromatic rings. The van der Waals surface area contributed by atoms with Crippen LogP contribution in [0, 0.1) is 9.39 Å². The summed E-state index contributed by atoms with van der Waals surface area (Å²) in [6.07, 6.45) is 0. The molecule has 12 heavy (non-hydrogen) atoms. The van der Waals surface area contributed by atoms with E-state index in [9.17, 15) is 9.18 Å². The Morgan fingerprint density at radius 1 is 1.58 bits per heavy atom. The topological polar surface area (TPSA) is 43.1 Å². The van der Waals surface area contributed by atoms with Crippen molar-refractivity contribution in [2.45, 2.75) is 0 Å². The predicted octanol–water partition coefficient (Wildman–Crippen LogP) is 2.18. The summed E-state index contributed by atoms with van der Waals surface area (Å²) in [5, 5.41) is 0.0421. The van der Waals surface area contributed by atoms with Crippen LogP contribution in [0.3, 0.4) is 0 Å². The van der Waals surface area contributed by atoms with Crippen molar-refractivity contribution < 1.29 is 9.18 Å². The first-order chi connectivity index (χ1) is 5.54. The van der Waals surface area contributed by atoms with Crippen LogP contribution in [0.2, 0.25) is 5.02 Å². The Bertz CT molecular complexity index is 342. The molecule has 0 heterocycles. The highest BCUT2D eigenvalue weighted by Gasteiger charge is 2.15. The van der Waals surface area contributed by atoms with E-state index in [0.29, 0.717) is 3.57 Å². The van der Waals surface area contributed by atoms with E-state index in [-0.39, 0.29) is 10.6 Å². The van der Waals surface area contributed by atoms with Crippen molar-refractivity contribution >= 4 is 40.1 Å². The third-order valence-corrected chi connectivity index (χ3v) is 2.44. The van der Waals surface area contributed by atoms with Crippen LogP contribution in [0.15, 0.2) is 12.1 Å². The van der Waals surface area contributed by atoms with Gasteiger partial charge in [-0.1, -0.05) is 11.6 Å². The molecule has 0 aliphatic heterocycles. The largest absolute Gasteiger partial charge is 0.365 e. The first-order valence-electron chi connectivity index (χ1n) is 2.97. The van der Waals surface area contributed by atoms with Gasteiger partial charge < -0.3 is 5.73 Å². The van der Waals surface area contributed by atoms with Crippen LogP contribution < -0.4 is 5.73 Å². The van der Waals surface area contributed by atoms with Crippen LogP contribution in [-0.4, -0.2) is 5.91 Å². The Morgan fingerprint density at radius 2 is 2.17 bits per heavy atom. The third kappa shape index (κ3) is 1.69. The molecule has 64 valence electrons. The number of hydrogen-bond donors (Lipinski definition) is 1. The zero-order valence-electron chi connectivity index (χ0n) is 5.77. The SMILES string of the molecule is NC(=O)c1c(Cl)ccc(I)c1F. The fourth-order valence-electron chi connectivity index (χ4n) is 0.753. The fourth-order valence-corrected chi connectivity index (χ4v) is 1.44. The van der Waals surface area contributed by atoms with Crippen molar-refractivity contribution in [1.29, 1.82) is 0 Å². The molecular weight excluding hydrogens is 295 g/mol. The van der Waals surface area contributed by atoms with Gasteiger partial charge in [0.15, 0.2) is 5.82 Å². The van der Waals surface area contributed by atoms with Gasteiger partial charge in [0, 0.05) is 3.57 Å². The molecular formula is C7H4ClFINO. The van der Waals surface area contributed by atoms with Gasteiger partial charge >= 0.3 is 0 Å². The number of benzene rings is 1. The number of amides is 1. The van der Waals surface area contributed by atoms with Gasteiger partial charge in [-0.3, -0.25) is 4.79 Å². The summed E-state index contributed by atoms with van der Waals surface area (Å²) in [7, 11) is 0. The standard InChI is InChI=1S/C7H4ClFINO/c8-3-1-2-4(10)6(9)5(3)7(11)12/h1-2H,(H2,11,12). The molecule has 0 saturated heterocycles. The summed E-state index contributed by atoms with van der Waals surface area (Å²) in [4.78, 5) is 10.7. The summed E-state index contributed by atoms with van der Waals surface area (Å²) < 4.78 is 13.4. The van der Waals surface area contributed by atoms with Crippen molar-refractivity contribution in [3.63, 3.8) is 0 Å². The molecule has 0 aliphatic carbocycles. The van der Waals surface area contributed by atoms with Crippen molar-refractivity contribution in [3.8, 4) is 0 Å². The second kappa shape index (κ2) is 3.57. The highest BCUT2D eigenvalue weighted by atomic mass is 127. The lowest BCUT2D eigenvalue weighted by Crippen LogP contribution is -2.14. The summed E-state index contributed by atoms with van der Waals surface area (Å²) >= 11 is 7.31. The number of hydrogen-bond acceptors (Lipinski definition) is 1. The number of nitrogens with two attached hydrogens (primary N) is 1. The van der Waals surface area contributed by atoms with E-state index in [1.807, 2.05) is 0 Å². The maximum absolute atomic E-state index is 13.1.